The molecule has 0 atom stereocenters. The van der Waals surface area contributed by atoms with Crippen LogP contribution in [0.1, 0.15) is 0 Å². The van der Waals surface area contributed by atoms with Crippen molar-refractivity contribution in [2.75, 3.05) is 0 Å². The molecule has 0 unspecified atom stereocenters. The standard InChI is InChI=1S/C21H14O4/c22-16-10-18(23)20-19(11-16)25-12-17(21(20)24)15-8-6-14(7-9-15)13-4-2-1-3-5-13/h1-12,22-23H. The van der Waals surface area contributed by atoms with Gasteiger partial charge in [-0.1, -0.05) is 54.6 Å². The van der Waals surface area contributed by atoms with Crippen molar-refractivity contribution in [2.45, 2.75) is 0 Å². The van der Waals surface area contributed by atoms with Gasteiger partial charge in [0, 0.05) is 12.1 Å². The molecule has 4 rings (SSSR count). The Balaban J connectivity index is 1.83. The summed E-state index contributed by atoms with van der Waals surface area (Å²) in [5.41, 5.74) is 2.99. The third-order valence-electron chi connectivity index (χ3n) is 4.14. The molecule has 0 aliphatic rings. The van der Waals surface area contributed by atoms with Crippen LogP contribution in [0.25, 0.3) is 33.2 Å². The van der Waals surface area contributed by atoms with Crippen molar-refractivity contribution < 1.29 is 14.6 Å². The Morgan fingerprint density at radius 1 is 0.760 bits per heavy atom. The first kappa shape index (κ1) is 15.0. The van der Waals surface area contributed by atoms with Crippen LogP contribution in [0.15, 0.2) is 82.2 Å². The van der Waals surface area contributed by atoms with Gasteiger partial charge in [-0.15, -0.1) is 0 Å². The highest BCUT2D eigenvalue weighted by atomic mass is 16.3. The molecule has 1 aromatic heterocycles. The van der Waals surface area contributed by atoms with Crippen LogP contribution in [-0.2, 0) is 0 Å². The number of hydrogen-bond acceptors (Lipinski definition) is 4. The minimum absolute atomic E-state index is 0.0578. The molecule has 2 N–H and O–H groups in total. The van der Waals surface area contributed by atoms with Gasteiger partial charge in [0.25, 0.3) is 0 Å². The molecule has 0 aliphatic heterocycles. The second-order valence-corrected chi connectivity index (χ2v) is 5.76. The summed E-state index contributed by atoms with van der Waals surface area (Å²) in [4.78, 5) is 12.7. The maximum Gasteiger partial charge on any atom is 0.204 e. The number of fused-ring (bicyclic) bond motifs is 1. The fourth-order valence-corrected chi connectivity index (χ4v) is 2.89. The van der Waals surface area contributed by atoms with Crippen molar-refractivity contribution in [3.05, 3.63) is 83.2 Å². The minimum Gasteiger partial charge on any atom is -0.508 e. The van der Waals surface area contributed by atoms with Crippen LogP contribution in [0, 0.1) is 0 Å². The highest BCUT2D eigenvalue weighted by molar-refractivity contribution is 5.88. The fourth-order valence-electron chi connectivity index (χ4n) is 2.89. The predicted molar refractivity (Wildman–Crippen MR) is 96.7 cm³/mol. The van der Waals surface area contributed by atoms with Gasteiger partial charge in [-0.2, -0.15) is 0 Å². The molecule has 122 valence electrons. The molecule has 25 heavy (non-hydrogen) atoms. The molecular weight excluding hydrogens is 316 g/mol. The van der Waals surface area contributed by atoms with Crippen molar-refractivity contribution in [2.24, 2.45) is 0 Å². The normalized spacial score (nSPS) is 10.9. The largest absolute Gasteiger partial charge is 0.508 e. The Kier molecular flexibility index (Phi) is 3.51. The van der Waals surface area contributed by atoms with E-state index in [1.165, 1.54) is 12.3 Å². The topological polar surface area (TPSA) is 70.7 Å². The van der Waals surface area contributed by atoms with Crippen LogP contribution in [-0.4, -0.2) is 10.2 Å². The van der Waals surface area contributed by atoms with Crippen LogP contribution in [0.2, 0.25) is 0 Å². The fraction of sp³-hybridized carbons (Fsp3) is 0. The summed E-state index contributed by atoms with van der Waals surface area (Å²) >= 11 is 0. The second kappa shape index (κ2) is 5.83. The van der Waals surface area contributed by atoms with Gasteiger partial charge in [-0.25, -0.2) is 0 Å². The number of phenolic OH excluding ortho intramolecular Hbond substituents is 2. The van der Waals surface area contributed by atoms with Gasteiger partial charge >= 0.3 is 0 Å². The molecular formula is C21H14O4. The van der Waals surface area contributed by atoms with Gasteiger partial charge in [-0.05, 0) is 16.7 Å². The smallest absolute Gasteiger partial charge is 0.204 e. The van der Waals surface area contributed by atoms with Crippen molar-refractivity contribution in [3.8, 4) is 33.8 Å². The van der Waals surface area contributed by atoms with E-state index < -0.39 is 0 Å². The average Bonchev–Trinajstić information content (AvgIpc) is 2.62. The van der Waals surface area contributed by atoms with Crippen LogP contribution >= 0.6 is 0 Å². The first-order valence-electron chi connectivity index (χ1n) is 7.77. The molecule has 1 heterocycles. The molecule has 0 aliphatic carbocycles. The number of aromatic hydroxyl groups is 2. The number of benzene rings is 3. The lowest BCUT2D eigenvalue weighted by atomic mass is 10.0. The SMILES string of the molecule is O=c1c(-c2ccc(-c3ccccc3)cc2)coc2cc(O)cc(O)c12. The summed E-state index contributed by atoms with van der Waals surface area (Å²) in [6.07, 6.45) is 1.35. The van der Waals surface area contributed by atoms with Crippen molar-refractivity contribution in [3.63, 3.8) is 0 Å². The molecule has 4 aromatic rings. The van der Waals surface area contributed by atoms with Gasteiger partial charge in [0.15, 0.2) is 0 Å². The van der Waals surface area contributed by atoms with E-state index in [1.54, 1.807) is 0 Å². The molecule has 0 bridgehead atoms. The molecule has 4 heteroatoms. The van der Waals surface area contributed by atoms with Crippen molar-refractivity contribution in [1.82, 2.24) is 0 Å². The average molecular weight is 330 g/mol. The molecule has 3 aromatic carbocycles. The number of hydrogen-bond donors (Lipinski definition) is 2. The maximum absolute atomic E-state index is 12.7. The van der Waals surface area contributed by atoms with E-state index in [9.17, 15) is 15.0 Å². The summed E-state index contributed by atoms with van der Waals surface area (Å²) in [7, 11) is 0. The third kappa shape index (κ3) is 2.64. The van der Waals surface area contributed by atoms with E-state index in [4.69, 9.17) is 4.42 Å². The van der Waals surface area contributed by atoms with Crippen molar-refractivity contribution >= 4 is 11.0 Å². The van der Waals surface area contributed by atoms with Crippen LogP contribution < -0.4 is 5.43 Å². The summed E-state index contributed by atoms with van der Waals surface area (Å²) < 4.78 is 5.43. The Bertz CT molecular complexity index is 1110. The van der Waals surface area contributed by atoms with Gasteiger partial charge in [0.2, 0.25) is 5.43 Å². The number of phenols is 2. The Morgan fingerprint density at radius 3 is 2.12 bits per heavy atom. The molecule has 0 saturated heterocycles. The molecule has 0 fully saturated rings. The first-order chi connectivity index (χ1) is 12.1. The zero-order chi connectivity index (χ0) is 17.4. The van der Waals surface area contributed by atoms with Gasteiger partial charge in [-0.3, -0.25) is 4.79 Å². The Morgan fingerprint density at radius 2 is 1.40 bits per heavy atom. The Labute approximate surface area is 143 Å². The van der Waals surface area contributed by atoms with E-state index in [-0.39, 0.29) is 27.9 Å². The first-order valence-corrected chi connectivity index (χ1v) is 7.77. The van der Waals surface area contributed by atoms with Gasteiger partial charge in [0.05, 0.1) is 5.56 Å². The predicted octanol–water partition coefficient (Wildman–Crippen LogP) is 4.54. The van der Waals surface area contributed by atoms with E-state index in [0.29, 0.717) is 11.1 Å². The summed E-state index contributed by atoms with van der Waals surface area (Å²) in [5.74, 6) is -0.459. The maximum atomic E-state index is 12.7. The van der Waals surface area contributed by atoms with Crippen LogP contribution in [0.5, 0.6) is 11.5 Å². The van der Waals surface area contributed by atoms with Gasteiger partial charge in [0.1, 0.15) is 28.7 Å². The Hall–Kier alpha value is -3.53. The van der Waals surface area contributed by atoms with E-state index in [1.807, 2.05) is 54.6 Å². The van der Waals surface area contributed by atoms with E-state index >= 15 is 0 Å². The lowest BCUT2D eigenvalue weighted by molar-refractivity contribution is 0.452. The quantitative estimate of drug-likeness (QED) is 0.566. The monoisotopic (exact) mass is 330 g/mol. The highest BCUT2D eigenvalue weighted by Crippen LogP contribution is 2.30. The molecule has 0 radical (unpaired) electrons. The minimum atomic E-state index is -0.341. The van der Waals surface area contributed by atoms with Crippen LogP contribution in [0.4, 0.5) is 0 Å². The summed E-state index contributed by atoms with van der Waals surface area (Å²) in [6.45, 7) is 0. The van der Waals surface area contributed by atoms with Crippen LogP contribution in [0.3, 0.4) is 0 Å². The lowest BCUT2D eigenvalue weighted by Gasteiger charge is -2.06. The van der Waals surface area contributed by atoms with E-state index in [2.05, 4.69) is 0 Å². The zero-order valence-electron chi connectivity index (χ0n) is 13.1. The third-order valence-corrected chi connectivity index (χ3v) is 4.14. The van der Waals surface area contributed by atoms with E-state index in [0.717, 1.165) is 17.2 Å². The molecule has 0 amide bonds. The van der Waals surface area contributed by atoms with Gasteiger partial charge < -0.3 is 14.6 Å². The van der Waals surface area contributed by atoms with Crippen molar-refractivity contribution in [1.29, 1.82) is 0 Å². The molecule has 0 saturated carbocycles. The number of rotatable bonds is 2. The molecule has 4 nitrogen and oxygen atoms in total. The summed E-state index contributed by atoms with van der Waals surface area (Å²) in [5, 5.41) is 19.5. The summed E-state index contributed by atoms with van der Waals surface area (Å²) in [6, 6.07) is 19.9. The molecule has 0 spiro atoms. The second-order valence-electron chi connectivity index (χ2n) is 5.76. The lowest BCUT2D eigenvalue weighted by Crippen LogP contribution is -2.05. The highest BCUT2D eigenvalue weighted by Gasteiger charge is 2.14. The zero-order valence-corrected chi connectivity index (χ0v) is 13.1.